The Balaban J connectivity index is 2.81. The summed E-state index contributed by atoms with van der Waals surface area (Å²) < 4.78 is 57.0. The number of ether oxygens (including phenoxy) is 3. The second kappa shape index (κ2) is 10.6. The molecule has 2 rings (SSSR count). The van der Waals surface area contributed by atoms with Crippen molar-refractivity contribution in [2.75, 3.05) is 20.3 Å². The molecule has 1 saturated heterocycles. The molecule has 1 aromatic carbocycles. The van der Waals surface area contributed by atoms with E-state index in [4.69, 9.17) is 9.47 Å². The van der Waals surface area contributed by atoms with Crippen LogP contribution in [0, 0.1) is 16.0 Å². The molecule has 1 fully saturated rings. The molecule has 0 aliphatic carbocycles. The van der Waals surface area contributed by atoms with Gasteiger partial charge in [-0.2, -0.15) is 13.2 Å². The fourth-order valence-corrected chi connectivity index (χ4v) is 3.89. The highest BCUT2D eigenvalue weighted by molar-refractivity contribution is 6.06. The molecule has 0 unspecified atom stereocenters. The van der Waals surface area contributed by atoms with Crippen LogP contribution in [-0.4, -0.2) is 60.9 Å². The molecule has 34 heavy (non-hydrogen) atoms. The third kappa shape index (κ3) is 5.19. The number of hydrogen-bond donors (Lipinski definition) is 1. The number of esters is 3. The zero-order valence-corrected chi connectivity index (χ0v) is 18.5. The Morgan fingerprint density at radius 3 is 2.06 bits per heavy atom. The highest BCUT2D eigenvalue weighted by Gasteiger charge is 2.68. The van der Waals surface area contributed by atoms with Crippen LogP contribution in [0.1, 0.15) is 25.3 Å². The predicted octanol–water partition coefficient (Wildman–Crippen LogP) is 2.42. The number of nitrogens with zero attached hydrogens (tertiary/aromatic N) is 1. The Kier molecular flexibility index (Phi) is 8.37. The topological polar surface area (TPSA) is 134 Å². The van der Waals surface area contributed by atoms with Crippen molar-refractivity contribution in [2.45, 2.75) is 37.5 Å². The Morgan fingerprint density at radius 2 is 1.65 bits per heavy atom. The molecule has 1 heterocycles. The smallest absolute Gasteiger partial charge is 0.404 e. The van der Waals surface area contributed by atoms with E-state index in [1.54, 1.807) is 0 Å². The van der Waals surface area contributed by atoms with E-state index in [2.05, 4.69) is 10.1 Å². The van der Waals surface area contributed by atoms with Crippen LogP contribution in [0.2, 0.25) is 0 Å². The number of benzene rings is 1. The van der Waals surface area contributed by atoms with Gasteiger partial charge in [-0.1, -0.05) is 18.2 Å². The molecule has 10 nitrogen and oxygen atoms in total. The van der Waals surface area contributed by atoms with Crippen LogP contribution >= 0.6 is 0 Å². The molecule has 0 amide bonds. The molecule has 0 saturated carbocycles. The Morgan fingerprint density at radius 1 is 1.12 bits per heavy atom. The number of halogens is 3. The lowest BCUT2D eigenvalue weighted by Crippen LogP contribution is -2.62. The van der Waals surface area contributed by atoms with E-state index >= 15 is 0 Å². The summed E-state index contributed by atoms with van der Waals surface area (Å²) in [5.74, 6) is -6.91. The predicted molar refractivity (Wildman–Crippen MR) is 109 cm³/mol. The van der Waals surface area contributed by atoms with Gasteiger partial charge in [0.1, 0.15) is 6.04 Å². The molecule has 3 atom stereocenters. The van der Waals surface area contributed by atoms with Gasteiger partial charge in [0.05, 0.1) is 25.2 Å². The SMILES string of the molecule is CCOC(=O)C1(C(=O)OCC)N[C@@H](C(F)(F)F)[C@H](c2ccc([N+](=O)[O-])cc2)[C@H]1/C=C/C(=O)OC. The van der Waals surface area contributed by atoms with Gasteiger partial charge in [0, 0.05) is 30.0 Å². The largest absolute Gasteiger partial charge is 0.466 e. The first kappa shape index (κ1) is 26.8. The number of non-ortho nitro benzene ring substituents is 1. The normalized spacial score (nSPS) is 21.8. The molecule has 0 bridgehead atoms. The Hall–Kier alpha value is -3.48. The molecule has 1 aliphatic heterocycles. The number of carbonyl (C=O) groups is 3. The summed E-state index contributed by atoms with van der Waals surface area (Å²) in [6.07, 6.45) is -3.24. The van der Waals surface area contributed by atoms with Gasteiger partial charge >= 0.3 is 24.1 Å². The third-order valence-corrected chi connectivity index (χ3v) is 5.31. The molecule has 0 aromatic heterocycles. The summed E-state index contributed by atoms with van der Waals surface area (Å²) >= 11 is 0. The number of nitro benzene ring substituents is 1. The van der Waals surface area contributed by atoms with Crippen molar-refractivity contribution in [1.29, 1.82) is 0 Å². The maximum atomic E-state index is 14.2. The van der Waals surface area contributed by atoms with E-state index < -0.39 is 52.4 Å². The van der Waals surface area contributed by atoms with E-state index in [0.717, 1.165) is 43.5 Å². The van der Waals surface area contributed by atoms with Crippen molar-refractivity contribution < 1.29 is 46.7 Å². The van der Waals surface area contributed by atoms with Crippen molar-refractivity contribution in [1.82, 2.24) is 5.32 Å². The molecule has 1 aromatic rings. The van der Waals surface area contributed by atoms with E-state index in [0.29, 0.717) is 0 Å². The fraction of sp³-hybridized carbons (Fsp3) is 0.476. The van der Waals surface area contributed by atoms with Crippen molar-refractivity contribution in [2.24, 2.45) is 5.92 Å². The lowest BCUT2D eigenvalue weighted by Gasteiger charge is -2.30. The highest BCUT2D eigenvalue weighted by Crippen LogP contribution is 2.49. The molecule has 186 valence electrons. The molecular weight excluding hydrogens is 465 g/mol. The van der Waals surface area contributed by atoms with Gasteiger partial charge in [-0.05, 0) is 19.4 Å². The van der Waals surface area contributed by atoms with Crippen LogP contribution in [0.3, 0.4) is 0 Å². The molecule has 0 spiro atoms. The van der Waals surface area contributed by atoms with Gasteiger partial charge in [0.2, 0.25) is 5.54 Å². The maximum Gasteiger partial charge on any atom is 0.404 e. The average molecular weight is 488 g/mol. The zero-order chi connectivity index (χ0) is 25.7. The number of rotatable bonds is 8. The zero-order valence-electron chi connectivity index (χ0n) is 18.5. The van der Waals surface area contributed by atoms with E-state index in [9.17, 15) is 37.7 Å². The molecule has 13 heteroatoms. The Labute approximate surface area is 192 Å². The number of nitrogens with one attached hydrogen (secondary N) is 1. The quantitative estimate of drug-likeness (QED) is 0.146. The van der Waals surface area contributed by atoms with Gasteiger partial charge in [-0.3, -0.25) is 15.4 Å². The van der Waals surface area contributed by atoms with E-state index in [1.807, 2.05) is 0 Å². The summed E-state index contributed by atoms with van der Waals surface area (Å²) in [7, 11) is 1.04. The molecular formula is C21H23F3N2O8. The fourth-order valence-electron chi connectivity index (χ4n) is 3.89. The van der Waals surface area contributed by atoms with Crippen LogP contribution in [0.15, 0.2) is 36.4 Å². The number of carbonyl (C=O) groups excluding carboxylic acids is 3. The number of nitro groups is 1. The summed E-state index contributed by atoms with van der Waals surface area (Å²) in [6.45, 7) is 2.29. The van der Waals surface area contributed by atoms with Gasteiger partial charge in [-0.15, -0.1) is 0 Å². The van der Waals surface area contributed by atoms with Crippen LogP contribution < -0.4 is 5.32 Å². The second-order valence-electron chi connectivity index (χ2n) is 7.20. The Bertz CT molecular complexity index is 944. The minimum Gasteiger partial charge on any atom is -0.466 e. The van der Waals surface area contributed by atoms with Crippen LogP contribution in [0.25, 0.3) is 0 Å². The summed E-state index contributed by atoms with van der Waals surface area (Å²) in [4.78, 5) is 48.0. The highest BCUT2D eigenvalue weighted by atomic mass is 19.4. The first-order valence-corrected chi connectivity index (χ1v) is 10.1. The first-order chi connectivity index (χ1) is 15.9. The van der Waals surface area contributed by atoms with Gasteiger partial charge in [0.15, 0.2) is 0 Å². The monoisotopic (exact) mass is 488 g/mol. The second-order valence-corrected chi connectivity index (χ2v) is 7.20. The standard InChI is InChI=1S/C21H23F3N2O8/c1-4-33-18(28)20(19(29)34-5-2)14(10-11-15(27)32-3)16(17(25-20)21(22,23)24)12-6-8-13(9-7-12)26(30)31/h6-11,14,16-17,25H,4-5H2,1-3H3/b11-10+/t14-,16-,17-/m1/s1. The molecule has 1 N–H and O–H groups in total. The van der Waals surface area contributed by atoms with E-state index in [1.165, 1.54) is 13.8 Å². The lowest BCUT2D eigenvalue weighted by atomic mass is 9.75. The first-order valence-electron chi connectivity index (χ1n) is 10.1. The van der Waals surface area contributed by atoms with Crippen molar-refractivity contribution >= 4 is 23.6 Å². The van der Waals surface area contributed by atoms with Gasteiger partial charge in [0.25, 0.3) is 5.69 Å². The van der Waals surface area contributed by atoms with Crippen molar-refractivity contribution in [3.8, 4) is 0 Å². The van der Waals surface area contributed by atoms with E-state index in [-0.39, 0.29) is 24.5 Å². The summed E-state index contributed by atoms with van der Waals surface area (Å²) in [5.41, 5.74) is -3.11. The summed E-state index contributed by atoms with van der Waals surface area (Å²) in [6, 6.07) is 1.70. The van der Waals surface area contributed by atoms with Crippen molar-refractivity contribution in [3.05, 3.63) is 52.1 Å². The minimum atomic E-state index is -4.98. The minimum absolute atomic E-state index is 0.0737. The van der Waals surface area contributed by atoms with Gasteiger partial charge < -0.3 is 14.2 Å². The maximum absolute atomic E-state index is 14.2. The molecule has 1 aliphatic rings. The number of methoxy groups -OCH3 is 1. The average Bonchev–Trinajstić information content (AvgIpc) is 3.14. The van der Waals surface area contributed by atoms with Crippen LogP contribution in [-0.2, 0) is 28.6 Å². The van der Waals surface area contributed by atoms with Gasteiger partial charge in [-0.25, -0.2) is 14.4 Å². The lowest BCUT2D eigenvalue weighted by molar-refractivity contribution is -0.384. The number of hydrogen-bond acceptors (Lipinski definition) is 9. The number of alkyl halides is 3. The summed E-state index contributed by atoms with van der Waals surface area (Å²) in [5, 5.41) is 13.1. The third-order valence-electron chi connectivity index (χ3n) is 5.31. The molecule has 0 radical (unpaired) electrons. The van der Waals surface area contributed by atoms with Crippen LogP contribution in [0.5, 0.6) is 0 Å². The van der Waals surface area contributed by atoms with Crippen molar-refractivity contribution in [3.63, 3.8) is 0 Å². The van der Waals surface area contributed by atoms with Crippen LogP contribution in [0.4, 0.5) is 18.9 Å².